The highest BCUT2D eigenvalue weighted by atomic mass is 32.2. The van der Waals surface area contributed by atoms with Crippen molar-refractivity contribution in [2.75, 3.05) is 22.5 Å². The summed E-state index contributed by atoms with van der Waals surface area (Å²) in [7, 11) is -3.23. The summed E-state index contributed by atoms with van der Waals surface area (Å²) in [5.74, 6) is 1.98. The van der Waals surface area contributed by atoms with Crippen LogP contribution in [0.25, 0.3) is 0 Å². The average Bonchev–Trinajstić information content (AvgIpc) is 3.33. The third-order valence-corrected chi connectivity index (χ3v) is 6.75. The highest BCUT2D eigenvalue weighted by Crippen LogP contribution is 2.33. The Balaban J connectivity index is 1.65. The summed E-state index contributed by atoms with van der Waals surface area (Å²) in [6, 6.07) is 9.67. The van der Waals surface area contributed by atoms with Gasteiger partial charge in [0.2, 0.25) is 5.88 Å². The molecule has 2 atom stereocenters. The molecule has 0 spiro atoms. The molecule has 0 amide bonds. The fraction of sp³-hybridized carbons (Fsp3) is 0.267. The normalized spacial score (nSPS) is 18.0. The zero-order chi connectivity index (χ0) is 17.2. The molecule has 0 bridgehead atoms. The van der Waals surface area contributed by atoms with Gasteiger partial charge >= 0.3 is 0 Å². The lowest BCUT2D eigenvalue weighted by Gasteiger charge is -2.09. The third-order valence-electron chi connectivity index (χ3n) is 3.21. The van der Waals surface area contributed by atoms with Gasteiger partial charge in [0.25, 0.3) is 0 Å². The minimum absolute atomic E-state index is 0.187. The molecule has 3 rings (SSSR count). The zero-order valence-corrected chi connectivity index (χ0v) is 15.3. The van der Waals surface area contributed by atoms with Crippen molar-refractivity contribution in [1.82, 2.24) is 4.98 Å². The van der Waals surface area contributed by atoms with Gasteiger partial charge in [-0.25, -0.2) is 18.1 Å². The number of nitrogens with one attached hydrogen (secondary N) is 1. The van der Waals surface area contributed by atoms with Crippen molar-refractivity contribution < 1.29 is 17.7 Å². The van der Waals surface area contributed by atoms with Gasteiger partial charge in [0.1, 0.15) is 17.7 Å². The van der Waals surface area contributed by atoms with E-state index < -0.39 is 21.2 Å². The number of rotatable bonds is 7. The molecule has 1 aromatic heterocycles. The molecule has 0 saturated carbocycles. The summed E-state index contributed by atoms with van der Waals surface area (Å²) in [5, 5.41) is 0.236. The number of ether oxygens (including phenoxy) is 1. The van der Waals surface area contributed by atoms with Crippen molar-refractivity contribution >= 4 is 38.6 Å². The van der Waals surface area contributed by atoms with Crippen LogP contribution < -0.4 is 9.46 Å². The van der Waals surface area contributed by atoms with Gasteiger partial charge in [-0.1, -0.05) is 0 Å². The van der Waals surface area contributed by atoms with Crippen LogP contribution in [0.15, 0.2) is 47.5 Å². The first-order valence-electron chi connectivity index (χ1n) is 7.11. The van der Waals surface area contributed by atoms with Gasteiger partial charge in [0.15, 0.2) is 9.84 Å². The number of benzene rings is 1. The van der Waals surface area contributed by atoms with Crippen LogP contribution in [0, 0.1) is 0 Å². The second-order valence-electron chi connectivity index (χ2n) is 5.25. The van der Waals surface area contributed by atoms with E-state index in [0.717, 1.165) is 5.75 Å². The van der Waals surface area contributed by atoms with Crippen LogP contribution in [0.1, 0.15) is 0 Å². The molecule has 1 aliphatic rings. The Morgan fingerprint density at radius 1 is 1.33 bits per heavy atom. The predicted molar refractivity (Wildman–Crippen MR) is 96.7 cm³/mol. The Morgan fingerprint density at radius 2 is 2.04 bits per heavy atom. The lowest BCUT2D eigenvalue weighted by molar-refractivity contribution is 0.462. The summed E-state index contributed by atoms with van der Waals surface area (Å²) in [6.07, 6.45) is 3.05. The topological polar surface area (TPSA) is 91.3 Å². The standard InChI is InChI=1S/C15H16N2O4S3/c1-23(18)17-11-2-7-15(16-8-11)21-12-3-5-14(6-4-12)24(19,20)10-13-9-22-13/h2-8,13,17H,9-10H2,1H3. The van der Waals surface area contributed by atoms with Crippen LogP contribution in [0.3, 0.4) is 0 Å². The van der Waals surface area contributed by atoms with E-state index in [9.17, 15) is 13.0 Å². The fourth-order valence-electron chi connectivity index (χ4n) is 2.01. The zero-order valence-electron chi connectivity index (χ0n) is 12.8. The molecule has 1 aliphatic heterocycles. The summed E-state index contributed by atoms with van der Waals surface area (Å²) in [5.41, 5.74) is 0.627. The van der Waals surface area contributed by atoms with Crippen molar-refractivity contribution in [3.8, 4) is 11.6 Å². The van der Waals surface area contributed by atoms with Crippen molar-refractivity contribution in [3.05, 3.63) is 42.6 Å². The van der Waals surface area contributed by atoms with Crippen molar-refractivity contribution in [1.29, 1.82) is 0 Å². The SMILES string of the molecule is C[S+]([O-])Nc1ccc(Oc2ccc(S(=O)(=O)CC3CS3)cc2)nc1. The number of thioether (sulfide) groups is 1. The van der Waals surface area contributed by atoms with E-state index in [1.807, 2.05) is 0 Å². The third kappa shape index (κ3) is 4.79. The highest BCUT2D eigenvalue weighted by molar-refractivity contribution is 8.08. The van der Waals surface area contributed by atoms with Crippen molar-refractivity contribution in [3.63, 3.8) is 0 Å². The van der Waals surface area contributed by atoms with Gasteiger partial charge in [-0.05, 0) is 30.3 Å². The number of anilines is 1. The van der Waals surface area contributed by atoms with E-state index in [1.54, 1.807) is 48.2 Å². The van der Waals surface area contributed by atoms with E-state index in [1.165, 1.54) is 12.5 Å². The van der Waals surface area contributed by atoms with Crippen LogP contribution in [0.2, 0.25) is 0 Å². The van der Waals surface area contributed by atoms with Gasteiger partial charge in [-0.2, -0.15) is 11.8 Å². The predicted octanol–water partition coefficient (Wildman–Crippen LogP) is 2.47. The molecule has 24 heavy (non-hydrogen) atoms. The van der Waals surface area contributed by atoms with Crippen LogP contribution in [0.5, 0.6) is 11.6 Å². The highest BCUT2D eigenvalue weighted by Gasteiger charge is 2.29. The summed E-state index contributed by atoms with van der Waals surface area (Å²) in [4.78, 5) is 4.41. The van der Waals surface area contributed by atoms with Gasteiger partial charge < -0.3 is 9.29 Å². The minimum atomic E-state index is -3.23. The maximum atomic E-state index is 12.2. The monoisotopic (exact) mass is 384 g/mol. The van der Waals surface area contributed by atoms with E-state index in [4.69, 9.17) is 4.74 Å². The molecular formula is C15H16N2O4S3. The maximum Gasteiger partial charge on any atom is 0.219 e. The molecule has 1 fully saturated rings. The maximum absolute atomic E-state index is 12.2. The second kappa shape index (κ2) is 7.22. The molecule has 9 heteroatoms. The van der Waals surface area contributed by atoms with Gasteiger partial charge in [-0.15, -0.1) is 0 Å². The number of hydrogen-bond donors (Lipinski definition) is 1. The second-order valence-corrected chi connectivity index (χ2v) is 9.73. The number of sulfone groups is 1. The quantitative estimate of drug-likeness (QED) is 0.579. The van der Waals surface area contributed by atoms with E-state index in [-0.39, 0.29) is 11.0 Å². The molecule has 2 unspecified atom stereocenters. The van der Waals surface area contributed by atoms with Crippen molar-refractivity contribution in [2.45, 2.75) is 10.1 Å². The van der Waals surface area contributed by atoms with Crippen molar-refractivity contribution in [2.24, 2.45) is 0 Å². The minimum Gasteiger partial charge on any atom is -0.593 e. The Bertz CT molecular complexity index is 788. The van der Waals surface area contributed by atoms with Crippen LogP contribution in [-0.2, 0) is 21.2 Å². The summed E-state index contributed by atoms with van der Waals surface area (Å²) < 4.78 is 43.7. The van der Waals surface area contributed by atoms with Gasteiger partial charge in [0, 0.05) is 17.1 Å². The fourth-order valence-corrected chi connectivity index (χ4v) is 5.14. The number of pyridine rings is 1. The molecule has 1 aromatic carbocycles. The lowest BCUT2D eigenvalue weighted by atomic mass is 10.3. The summed E-state index contributed by atoms with van der Waals surface area (Å²) in [6.45, 7) is 0. The lowest BCUT2D eigenvalue weighted by Crippen LogP contribution is -2.10. The average molecular weight is 385 g/mol. The van der Waals surface area contributed by atoms with E-state index in [0.29, 0.717) is 22.2 Å². The van der Waals surface area contributed by atoms with Crippen LogP contribution >= 0.6 is 11.8 Å². The Kier molecular flexibility index (Phi) is 5.24. The smallest absolute Gasteiger partial charge is 0.219 e. The molecule has 1 saturated heterocycles. The number of aromatic nitrogens is 1. The largest absolute Gasteiger partial charge is 0.593 e. The van der Waals surface area contributed by atoms with Crippen LogP contribution in [-0.4, -0.2) is 41.0 Å². The molecule has 128 valence electrons. The van der Waals surface area contributed by atoms with Crippen LogP contribution in [0.4, 0.5) is 5.69 Å². The molecule has 6 nitrogen and oxygen atoms in total. The van der Waals surface area contributed by atoms with E-state index >= 15 is 0 Å². The first-order valence-corrected chi connectivity index (χ1v) is 11.4. The Morgan fingerprint density at radius 3 is 2.58 bits per heavy atom. The van der Waals surface area contributed by atoms with E-state index in [2.05, 4.69) is 9.71 Å². The Labute approximate surface area is 148 Å². The molecule has 0 aliphatic carbocycles. The first-order chi connectivity index (χ1) is 11.4. The Hall–Kier alpha value is -1.42. The molecule has 2 aromatic rings. The summed E-state index contributed by atoms with van der Waals surface area (Å²) >= 11 is 0.502. The first kappa shape index (κ1) is 17.4. The molecule has 2 heterocycles. The van der Waals surface area contributed by atoms with Gasteiger partial charge in [0.05, 0.1) is 28.2 Å². The molecule has 1 N–H and O–H groups in total. The number of hydrogen-bond acceptors (Lipinski definition) is 7. The molecular weight excluding hydrogens is 368 g/mol. The molecule has 0 radical (unpaired) electrons. The number of nitrogens with zero attached hydrogens (tertiary/aromatic N) is 1. The van der Waals surface area contributed by atoms with Gasteiger partial charge in [-0.3, -0.25) is 0 Å².